The van der Waals surface area contributed by atoms with Gasteiger partial charge < -0.3 is 19.7 Å². The second-order valence-electron chi connectivity index (χ2n) is 12.4. The van der Waals surface area contributed by atoms with E-state index in [0.717, 1.165) is 29.0 Å². The van der Waals surface area contributed by atoms with Gasteiger partial charge in [-0.1, -0.05) is 19.8 Å². The van der Waals surface area contributed by atoms with E-state index in [-0.39, 0.29) is 71.3 Å². The van der Waals surface area contributed by atoms with Gasteiger partial charge in [-0.25, -0.2) is 13.2 Å². The Bertz CT molecular complexity index is 1820. The van der Waals surface area contributed by atoms with Gasteiger partial charge in [-0.05, 0) is 73.1 Å². The van der Waals surface area contributed by atoms with Crippen molar-refractivity contribution >= 4 is 11.9 Å². The van der Waals surface area contributed by atoms with Crippen molar-refractivity contribution in [1.29, 1.82) is 0 Å². The average molecular weight is 677 g/mol. The van der Waals surface area contributed by atoms with Gasteiger partial charge in [0.25, 0.3) is 5.56 Å². The van der Waals surface area contributed by atoms with E-state index in [2.05, 4.69) is 11.2 Å². The normalized spacial score (nSPS) is 14.7. The molecule has 1 saturated heterocycles. The number of rotatable bonds is 11. The van der Waals surface area contributed by atoms with Gasteiger partial charge in [-0.2, -0.15) is 13.2 Å². The standard InChI is InChI=1S/C35H34F6N2O5/c1-6-21-11-25(37)32(33(38)31(21)30-18(4)8-23(36)9-19(30)5)26(13-29(45)46)42-34(47)27(7-17(2)3)43-14-22(10-20-15-48-16-20)24(12-28(43)44)35(39,40)41/h1,8-9,11-12,14,17,20,26-27H,7,10,13,15-16H2,2-5H3,(H,42,47)(H,45,46)/t26-,27+/m0/s1. The molecular formula is C35H34F6N2O5. The molecular weight excluding hydrogens is 642 g/mol. The third kappa shape index (κ3) is 7.76. The van der Waals surface area contributed by atoms with Crippen LogP contribution in [0.5, 0.6) is 0 Å². The van der Waals surface area contributed by atoms with E-state index in [1.165, 1.54) is 13.8 Å². The highest BCUT2D eigenvalue weighted by Crippen LogP contribution is 2.39. The number of pyridine rings is 1. The number of carboxylic acids is 1. The average Bonchev–Trinajstić information content (AvgIpc) is 2.93. The van der Waals surface area contributed by atoms with Crippen molar-refractivity contribution in [2.45, 2.75) is 65.2 Å². The van der Waals surface area contributed by atoms with E-state index < -0.39 is 70.7 Å². The zero-order valence-electron chi connectivity index (χ0n) is 26.6. The fraction of sp³-hybridized carbons (Fsp3) is 0.400. The molecule has 4 rings (SSSR count). The highest BCUT2D eigenvalue weighted by Gasteiger charge is 2.37. The lowest BCUT2D eigenvalue weighted by molar-refractivity contribution is -0.139. The number of carbonyl (C=O) groups excluding carboxylic acids is 1. The van der Waals surface area contributed by atoms with Crippen LogP contribution in [0.1, 0.15) is 72.2 Å². The molecule has 2 atom stereocenters. The maximum absolute atomic E-state index is 16.5. The summed E-state index contributed by atoms with van der Waals surface area (Å²) in [6, 6.07) is 0.108. The van der Waals surface area contributed by atoms with Crippen LogP contribution in [0.25, 0.3) is 11.1 Å². The number of benzene rings is 2. The summed E-state index contributed by atoms with van der Waals surface area (Å²) in [5.41, 5.74) is -3.30. The first-order chi connectivity index (χ1) is 22.4. The third-order valence-corrected chi connectivity index (χ3v) is 8.22. The van der Waals surface area contributed by atoms with Crippen LogP contribution < -0.4 is 10.9 Å². The molecule has 0 saturated carbocycles. The summed E-state index contributed by atoms with van der Waals surface area (Å²) >= 11 is 0. The number of nitrogens with zero attached hydrogens (tertiary/aromatic N) is 1. The minimum atomic E-state index is -4.86. The number of hydrogen-bond donors (Lipinski definition) is 2. The largest absolute Gasteiger partial charge is 0.481 e. The highest BCUT2D eigenvalue weighted by molar-refractivity contribution is 5.82. The van der Waals surface area contributed by atoms with E-state index in [4.69, 9.17) is 11.2 Å². The van der Waals surface area contributed by atoms with Crippen molar-refractivity contribution in [3.63, 3.8) is 0 Å². The van der Waals surface area contributed by atoms with Crippen LogP contribution in [0.4, 0.5) is 26.3 Å². The first-order valence-corrected chi connectivity index (χ1v) is 15.1. The summed E-state index contributed by atoms with van der Waals surface area (Å²) in [6.45, 7) is 6.78. The number of aliphatic carboxylic acids is 1. The van der Waals surface area contributed by atoms with Crippen LogP contribution >= 0.6 is 0 Å². The van der Waals surface area contributed by atoms with Gasteiger partial charge in [0.2, 0.25) is 5.91 Å². The number of alkyl halides is 3. The Hall–Kier alpha value is -4.57. The molecule has 48 heavy (non-hydrogen) atoms. The number of hydrogen-bond acceptors (Lipinski definition) is 4. The summed E-state index contributed by atoms with van der Waals surface area (Å²) in [5, 5.41) is 12.1. The lowest BCUT2D eigenvalue weighted by atomic mass is 9.88. The van der Waals surface area contributed by atoms with Crippen molar-refractivity contribution in [2.24, 2.45) is 11.8 Å². The van der Waals surface area contributed by atoms with E-state index in [9.17, 15) is 37.1 Å². The van der Waals surface area contributed by atoms with Crippen LogP contribution in [-0.4, -0.2) is 34.8 Å². The smallest absolute Gasteiger partial charge is 0.416 e. The molecule has 1 fully saturated rings. The maximum atomic E-state index is 16.5. The summed E-state index contributed by atoms with van der Waals surface area (Å²) in [5.74, 6) is -4.13. The quantitative estimate of drug-likeness (QED) is 0.175. The summed E-state index contributed by atoms with van der Waals surface area (Å²) in [7, 11) is 0. The van der Waals surface area contributed by atoms with Gasteiger partial charge in [0.15, 0.2) is 0 Å². The first kappa shape index (κ1) is 36.3. The Morgan fingerprint density at radius 2 is 1.71 bits per heavy atom. The van der Waals surface area contributed by atoms with Crippen molar-refractivity contribution in [2.75, 3.05) is 13.2 Å². The number of nitrogens with one attached hydrogen (secondary N) is 1. The molecule has 7 nitrogen and oxygen atoms in total. The SMILES string of the molecule is C#Cc1cc(F)c([C@H](CC(=O)O)NC(=O)[C@@H](CC(C)C)n2cc(CC3COC3)c(C(F)(F)F)cc2=O)c(F)c1-c1c(C)cc(F)cc1C. The first-order valence-electron chi connectivity index (χ1n) is 15.1. The summed E-state index contributed by atoms with van der Waals surface area (Å²) < 4.78 is 93.9. The van der Waals surface area contributed by atoms with Crippen LogP contribution in [0.3, 0.4) is 0 Å². The molecule has 1 aliphatic heterocycles. The van der Waals surface area contributed by atoms with Crippen LogP contribution in [0.2, 0.25) is 0 Å². The molecule has 0 aliphatic carbocycles. The van der Waals surface area contributed by atoms with E-state index in [1.54, 1.807) is 13.8 Å². The molecule has 2 N–H and O–H groups in total. The van der Waals surface area contributed by atoms with Crippen molar-refractivity contribution in [3.05, 3.63) is 91.6 Å². The maximum Gasteiger partial charge on any atom is 0.416 e. The lowest BCUT2D eigenvalue weighted by Gasteiger charge is -2.29. The minimum Gasteiger partial charge on any atom is -0.481 e. The second-order valence-corrected chi connectivity index (χ2v) is 12.4. The number of amides is 1. The molecule has 256 valence electrons. The number of aryl methyl sites for hydroxylation is 2. The van der Waals surface area contributed by atoms with Crippen molar-refractivity contribution in [1.82, 2.24) is 9.88 Å². The van der Waals surface area contributed by atoms with E-state index in [0.29, 0.717) is 6.07 Å². The lowest BCUT2D eigenvalue weighted by Crippen LogP contribution is -2.41. The highest BCUT2D eigenvalue weighted by atomic mass is 19.4. The van der Waals surface area contributed by atoms with Crippen molar-refractivity contribution in [3.8, 4) is 23.5 Å². The summed E-state index contributed by atoms with van der Waals surface area (Å²) in [4.78, 5) is 39.0. The monoisotopic (exact) mass is 676 g/mol. The Balaban J connectivity index is 1.85. The molecule has 0 bridgehead atoms. The molecule has 2 aromatic carbocycles. The second kappa shape index (κ2) is 14.3. The molecule has 0 radical (unpaired) electrons. The molecule has 3 aromatic rings. The molecule has 13 heteroatoms. The number of carboxylic acid groups (broad SMARTS) is 1. The Kier molecular flexibility index (Phi) is 10.8. The van der Waals surface area contributed by atoms with Gasteiger partial charge in [0.1, 0.15) is 23.5 Å². The Morgan fingerprint density at radius 1 is 1.08 bits per heavy atom. The van der Waals surface area contributed by atoms with Gasteiger partial charge >= 0.3 is 12.1 Å². The fourth-order valence-corrected chi connectivity index (χ4v) is 6.05. The minimum absolute atomic E-state index is 0.0876. The number of halogens is 6. The van der Waals surface area contributed by atoms with Crippen LogP contribution in [-0.2, 0) is 26.9 Å². The van der Waals surface area contributed by atoms with E-state index in [1.807, 2.05) is 0 Å². The zero-order valence-corrected chi connectivity index (χ0v) is 26.6. The van der Waals surface area contributed by atoms with Crippen molar-refractivity contribution < 1.29 is 45.8 Å². The Labute approximate surface area is 272 Å². The zero-order chi connectivity index (χ0) is 35.7. The number of carbonyl (C=O) groups is 2. The summed E-state index contributed by atoms with van der Waals surface area (Å²) in [6.07, 6.45) is 0.472. The predicted molar refractivity (Wildman–Crippen MR) is 165 cm³/mol. The molecule has 1 amide bonds. The van der Waals surface area contributed by atoms with Gasteiger partial charge in [0.05, 0.1) is 31.2 Å². The molecule has 0 unspecified atom stereocenters. The fourth-order valence-electron chi connectivity index (χ4n) is 6.05. The molecule has 0 spiro atoms. The predicted octanol–water partition coefficient (Wildman–Crippen LogP) is 6.66. The van der Waals surface area contributed by atoms with Gasteiger partial charge in [-0.3, -0.25) is 14.4 Å². The van der Waals surface area contributed by atoms with Gasteiger partial charge in [-0.15, -0.1) is 6.42 Å². The Morgan fingerprint density at radius 3 is 2.21 bits per heavy atom. The molecule has 1 aliphatic rings. The number of terminal acetylenes is 1. The van der Waals surface area contributed by atoms with Gasteiger partial charge in [0, 0.05) is 34.9 Å². The number of ether oxygens (including phenoxy) is 1. The van der Waals surface area contributed by atoms with Crippen LogP contribution in [0, 0.1) is 55.5 Å². The van der Waals surface area contributed by atoms with Crippen LogP contribution in [0.15, 0.2) is 35.3 Å². The molecule has 1 aromatic heterocycles. The topological polar surface area (TPSA) is 97.6 Å². The number of aromatic nitrogens is 1. The van der Waals surface area contributed by atoms with E-state index >= 15 is 8.78 Å². The molecule has 2 heterocycles. The third-order valence-electron chi connectivity index (χ3n) is 8.22.